The summed E-state index contributed by atoms with van der Waals surface area (Å²) >= 11 is 0. The Balaban J connectivity index is 2.76. The highest BCUT2D eigenvalue weighted by molar-refractivity contribution is 5.89. The van der Waals surface area contributed by atoms with Crippen LogP contribution in [0.4, 0.5) is 0 Å². The third-order valence-electron chi connectivity index (χ3n) is 5.35. The number of esters is 1. The van der Waals surface area contributed by atoms with Gasteiger partial charge in [0, 0.05) is 19.0 Å². The van der Waals surface area contributed by atoms with Crippen molar-refractivity contribution in [2.75, 3.05) is 19.7 Å². The van der Waals surface area contributed by atoms with Crippen molar-refractivity contribution in [3.05, 3.63) is 0 Å². The van der Waals surface area contributed by atoms with Gasteiger partial charge in [-0.05, 0) is 38.5 Å². The van der Waals surface area contributed by atoms with E-state index in [9.17, 15) is 14.4 Å². The number of hydrogen-bond acceptors (Lipinski definition) is 4. The second-order valence-corrected chi connectivity index (χ2v) is 7.85. The number of nitrogens with one attached hydrogen (secondary N) is 1. The highest BCUT2D eigenvalue weighted by Crippen LogP contribution is 2.21. The Hall–Kier alpha value is -1.59. The fourth-order valence-electron chi connectivity index (χ4n) is 3.58. The molecule has 0 aromatic heterocycles. The van der Waals surface area contributed by atoms with Gasteiger partial charge < -0.3 is 15.0 Å². The van der Waals surface area contributed by atoms with Gasteiger partial charge in [-0.1, -0.05) is 40.5 Å². The molecule has 1 heterocycles. The van der Waals surface area contributed by atoms with Crippen LogP contribution in [0.1, 0.15) is 73.1 Å². The normalized spacial score (nSPS) is 19.5. The average Bonchev–Trinajstić information content (AvgIpc) is 2.66. The van der Waals surface area contributed by atoms with Crippen molar-refractivity contribution in [2.45, 2.75) is 79.2 Å². The van der Waals surface area contributed by atoms with Gasteiger partial charge in [-0.2, -0.15) is 0 Å². The largest absolute Gasteiger partial charge is 0.466 e. The molecule has 6 heteroatoms. The fourth-order valence-corrected chi connectivity index (χ4v) is 3.58. The van der Waals surface area contributed by atoms with Gasteiger partial charge in [-0.15, -0.1) is 0 Å². The lowest BCUT2D eigenvalue weighted by atomic mass is 9.94. The maximum absolute atomic E-state index is 13.1. The first kappa shape index (κ1) is 23.4. The number of amides is 2. The Morgan fingerprint density at radius 1 is 1.19 bits per heavy atom. The van der Waals surface area contributed by atoms with Crippen LogP contribution in [-0.2, 0) is 19.1 Å². The summed E-state index contributed by atoms with van der Waals surface area (Å²) in [5.74, 6) is -0.666. The summed E-state index contributed by atoms with van der Waals surface area (Å²) in [6, 6.07) is -0.547. The number of likely N-dealkylation sites (tertiary alicyclic amines) is 1. The number of ether oxygens (including phenoxy) is 1. The van der Waals surface area contributed by atoms with Gasteiger partial charge in [0.25, 0.3) is 0 Å². The van der Waals surface area contributed by atoms with Crippen LogP contribution in [0.25, 0.3) is 0 Å². The number of carbonyl (C=O) groups excluding carboxylic acids is 3. The first-order valence-electron chi connectivity index (χ1n) is 10.6. The first-order chi connectivity index (χ1) is 12.8. The van der Waals surface area contributed by atoms with E-state index >= 15 is 0 Å². The zero-order valence-corrected chi connectivity index (χ0v) is 17.8. The van der Waals surface area contributed by atoms with Crippen molar-refractivity contribution >= 4 is 17.8 Å². The maximum atomic E-state index is 13.1. The van der Waals surface area contributed by atoms with Crippen LogP contribution in [0.2, 0.25) is 0 Å². The first-order valence-corrected chi connectivity index (χ1v) is 10.6. The molecule has 156 valence electrons. The highest BCUT2D eigenvalue weighted by Gasteiger charge is 2.35. The zero-order chi connectivity index (χ0) is 20.4. The third kappa shape index (κ3) is 7.15. The Morgan fingerprint density at radius 2 is 1.89 bits per heavy atom. The summed E-state index contributed by atoms with van der Waals surface area (Å²) in [5.41, 5.74) is 0. The monoisotopic (exact) mass is 382 g/mol. The van der Waals surface area contributed by atoms with E-state index in [0.717, 1.165) is 38.5 Å². The van der Waals surface area contributed by atoms with Gasteiger partial charge in [0.15, 0.2) is 0 Å². The molecule has 0 spiro atoms. The third-order valence-corrected chi connectivity index (χ3v) is 5.35. The minimum atomic E-state index is -0.547. The predicted molar refractivity (Wildman–Crippen MR) is 106 cm³/mol. The molecule has 0 radical (unpaired) electrons. The minimum Gasteiger partial charge on any atom is -0.466 e. The lowest BCUT2D eigenvalue weighted by molar-refractivity contribution is -0.152. The van der Waals surface area contributed by atoms with E-state index in [4.69, 9.17) is 4.74 Å². The minimum absolute atomic E-state index is 0.00639. The summed E-state index contributed by atoms with van der Waals surface area (Å²) in [4.78, 5) is 39.5. The van der Waals surface area contributed by atoms with Gasteiger partial charge in [0.05, 0.1) is 12.5 Å². The van der Waals surface area contributed by atoms with E-state index < -0.39 is 6.04 Å². The number of nitrogens with zero attached hydrogens (tertiary/aromatic N) is 1. The number of unbranched alkanes of at least 4 members (excludes halogenated alkanes) is 1. The number of piperidine rings is 1. The van der Waals surface area contributed by atoms with Crippen LogP contribution in [0.3, 0.4) is 0 Å². The van der Waals surface area contributed by atoms with E-state index in [1.807, 2.05) is 20.8 Å². The molecular weight excluding hydrogens is 344 g/mol. The van der Waals surface area contributed by atoms with Gasteiger partial charge in [0.1, 0.15) is 6.04 Å². The van der Waals surface area contributed by atoms with Crippen LogP contribution >= 0.6 is 0 Å². The Labute approximate surface area is 164 Å². The van der Waals surface area contributed by atoms with Crippen LogP contribution in [-0.4, -0.2) is 48.4 Å². The summed E-state index contributed by atoms with van der Waals surface area (Å²) < 4.78 is 5.12. The van der Waals surface area contributed by atoms with Crippen molar-refractivity contribution in [3.8, 4) is 0 Å². The quantitative estimate of drug-likeness (QED) is 0.589. The van der Waals surface area contributed by atoms with Crippen molar-refractivity contribution in [1.29, 1.82) is 0 Å². The van der Waals surface area contributed by atoms with Crippen molar-refractivity contribution in [3.63, 3.8) is 0 Å². The highest BCUT2D eigenvalue weighted by atomic mass is 16.5. The molecule has 1 aliphatic heterocycles. The van der Waals surface area contributed by atoms with E-state index in [-0.39, 0.29) is 35.5 Å². The molecule has 1 rings (SSSR count). The molecule has 0 bridgehead atoms. The molecule has 0 aliphatic carbocycles. The summed E-state index contributed by atoms with van der Waals surface area (Å²) in [6.45, 7) is 11.2. The number of carbonyl (C=O) groups is 3. The molecule has 1 fully saturated rings. The van der Waals surface area contributed by atoms with E-state index in [2.05, 4.69) is 12.2 Å². The van der Waals surface area contributed by atoms with E-state index in [1.165, 1.54) is 0 Å². The standard InChI is InChI=1S/C21H38N2O4/c1-6-9-11-16(7-2)19(24)22-18(15(4)5)20(25)23-13-10-12-17(14-23)21(26)27-8-3/h15-18H,6-14H2,1-5H3,(H,22,24). The summed E-state index contributed by atoms with van der Waals surface area (Å²) in [6.07, 6.45) is 5.23. The molecule has 1 saturated heterocycles. The second kappa shape index (κ2) is 12.0. The van der Waals surface area contributed by atoms with Crippen molar-refractivity contribution < 1.29 is 19.1 Å². The molecular formula is C21H38N2O4. The molecule has 3 atom stereocenters. The van der Waals surface area contributed by atoms with Crippen LogP contribution in [0.5, 0.6) is 0 Å². The van der Waals surface area contributed by atoms with Gasteiger partial charge in [-0.3, -0.25) is 14.4 Å². The van der Waals surface area contributed by atoms with Crippen LogP contribution in [0.15, 0.2) is 0 Å². The SMILES string of the molecule is CCCCC(CC)C(=O)NC(C(=O)N1CCCC(C(=O)OCC)C1)C(C)C. The Kier molecular flexibility index (Phi) is 10.4. The van der Waals surface area contributed by atoms with E-state index in [1.54, 1.807) is 11.8 Å². The molecule has 0 aromatic rings. The fraction of sp³-hybridized carbons (Fsp3) is 0.857. The van der Waals surface area contributed by atoms with Gasteiger partial charge >= 0.3 is 5.97 Å². The molecule has 2 amide bonds. The zero-order valence-electron chi connectivity index (χ0n) is 17.8. The lowest BCUT2D eigenvalue weighted by Gasteiger charge is -2.35. The topological polar surface area (TPSA) is 75.7 Å². The van der Waals surface area contributed by atoms with Crippen molar-refractivity contribution in [1.82, 2.24) is 10.2 Å². The van der Waals surface area contributed by atoms with Crippen molar-refractivity contribution in [2.24, 2.45) is 17.8 Å². The molecule has 6 nitrogen and oxygen atoms in total. The second-order valence-electron chi connectivity index (χ2n) is 7.85. The lowest BCUT2D eigenvalue weighted by Crippen LogP contribution is -2.55. The molecule has 1 N–H and O–H groups in total. The van der Waals surface area contributed by atoms with Crippen LogP contribution in [0, 0.1) is 17.8 Å². The molecule has 1 aliphatic rings. The molecule has 0 saturated carbocycles. The smallest absolute Gasteiger partial charge is 0.310 e. The Bertz CT molecular complexity index is 493. The average molecular weight is 383 g/mol. The Morgan fingerprint density at radius 3 is 2.44 bits per heavy atom. The summed E-state index contributed by atoms with van der Waals surface area (Å²) in [7, 11) is 0. The molecule has 27 heavy (non-hydrogen) atoms. The van der Waals surface area contributed by atoms with E-state index in [0.29, 0.717) is 19.7 Å². The number of hydrogen-bond donors (Lipinski definition) is 1. The summed E-state index contributed by atoms with van der Waals surface area (Å²) in [5, 5.41) is 3.00. The van der Waals surface area contributed by atoms with Gasteiger partial charge in [0.2, 0.25) is 11.8 Å². The molecule has 0 aromatic carbocycles. The maximum Gasteiger partial charge on any atom is 0.310 e. The predicted octanol–water partition coefficient (Wildman–Crippen LogP) is 3.15. The number of rotatable bonds is 10. The van der Waals surface area contributed by atoms with Gasteiger partial charge in [-0.25, -0.2) is 0 Å². The molecule has 3 unspecified atom stereocenters. The van der Waals surface area contributed by atoms with Crippen LogP contribution < -0.4 is 5.32 Å².